The average Bonchev–Trinajstić information content (AvgIpc) is 3.38. The molecule has 7 heteroatoms. The van der Waals surface area contributed by atoms with Gasteiger partial charge in [0.15, 0.2) is 0 Å². The highest BCUT2D eigenvalue weighted by atomic mass is 79.9. The number of hydrogen-bond donors (Lipinski definition) is 0. The van der Waals surface area contributed by atoms with Crippen LogP contribution in [0.5, 0.6) is 0 Å². The lowest BCUT2D eigenvalue weighted by Gasteiger charge is -2.34. The molecule has 2 heterocycles. The summed E-state index contributed by atoms with van der Waals surface area (Å²) < 4.78 is 6.55. The summed E-state index contributed by atoms with van der Waals surface area (Å²) in [6.45, 7) is 3.35. The second-order valence-electron chi connectivity index (χ2n) is 9.26. The highest BCUT2D eigenvalue weighted by Gasteiger charge is 2.30. The van der Waals surface area contributed by atoms with Crippen molar-refractivity contribution < 1.29 is 9.32 Å². The molecule has 0 spiro atoms. The molecule has 1 unspecified atom stereocenters. The van der Waals surface area contributed by atoms with E-state index in [0.717, 1.165) is 40.5 Å². The summed E-state index contributed by atoms with van der Waals surface area (Å²) in [7, 11) is 0. The lowest BCUT2D eigenvalue weighted by Crippen LogP contribution is -2.44. The van der Waals surface area contributed by atoms with Crippen LogP contribution in [-0.2, 0) is 24.4 Å². The van der Waals surface area contributed by atoms with Gasteiger partial charge >= 0.3 is 0 Å². The predicted molar refractivity (Wildman–Crippen MR) is 143 cm³/mol. The van der Waals surface area contributed by atoms with Gasteiger partial charge in [-0.3, -0.25) is 9.69 Å². The van der Waals surface area contributed by atoms with E-state index in [1.165, 1.54) is 0 Å². The van der Waals surface area contributed by atoms with Gasteiger partial charge in [0.1, 0.15) is 0 Å². The maximum atomic E-state index is 13.8. The van der Waals surface area contributed by atoms with Gasteiger partial charge in [0.05, 0.1) is 12.5 Å². The van der Waals surface area contributed by atoms with Crippen LogP contribution in [0.4, 0.5) is 0 Å². The zero-order valence-corrected chi connectivity index (χ0v) is 21.7. The molecule has 184 valence electrons. The molecule has 5 rings (SSSR count). The van der Waals surface area contributed by atoms with Crippen molar-refractivity contribution >= 4 is 21.8 Å². The normalized spacial score (nSPS) is 16.1. The molecule has 1 aromatic heterocycles. The zero-order chi connectivity index (χ0) is 24.7. The predicted octanol–water partition coefficient (Wildman–Crippen LogP) is 5.94. The van der Waals surface area contributed by atoms with Gasteiger partial charge in [0.25, 0.3) is 0 Å². The van der Waals surface area contributed by atoms with Crippen molar-refractivity contribution in [2.75, 3.05) is 13.1 Å². The number of amides is 1. The van der Waals surface area contributed by atoms with Crippen molar-refractivity contribution in [2.45, 2.75) is 32.5 Å². The molecule has 1 aliphatic heterocycles. The average molecular weight is 545 g/mol. The molecule has 3 aromatic carbocycles. The monoisotopic (exact) mass is 544 g/mol. The molecule has 1 amide bonds. The van der Waals surface area contributed by atoms with Crippen molar-refractivity contribution in [3.8, 4) is 11.4 Å². The van der Waals surface area contributed by atoms with Gasteiger partial charge in [-0.05, 0) is 54.8 Å². The van der Waals surface area contributed by atoms with E-state index in [2.05, 4.69) is 55.2 Å². The number of hydrogen-bond acceptors (Lipinski definition) is 5. The van der Waals surface area contributed by atoms with Gasteiger partial charge in [0, 0.05) is 29.7 Å². The number of likely N-dealkylation sites (tertiary alicyclic amines) is 1. The van der Waals surface area contributed by atoms with Crippen LogP contribution in [0.25, 0.3) is 11.4 Å². The fourth-order valence-corrected chi connectivity index (χ4v) is 4.97. The van der Waals surface area contributed by atoms with E-state index in [4.69, 9.17) is 4.52 Å². The lowest BCUT2D eigenvalue weighted by atomic mass is 9.96. The summed E-state index contributed by atoms with van der Waals surface area (Å²) in [6, 6.07) is 28.3. The summed E-state index contributed by atoms with van der Waals surface area (Å²) in [5.41, 5.74) is 3.19. The Hall–Kier alpha value is -3.29. The summed E-state index contributed by atoms with van der Waals surface area (Å²) in [5, 5.41) is 4.15. The van der Waals surface area contributed by atoms with E-state index in [1.54, 1.807) is 0 Å². The molecule has 36 heavy (non-hydrogen) atoms. The minimum Gasteiger partial charge on any atom is -0.338 e. The standard InChI is InChI=1S/C29H29BrN4O2/c30-26-15-13-24(14-16-26)28-31-27(36-32-28)21-33-17-7-12-25(20-33)29(35)34(18-22-8-3-1-4-9-22)19-23-10-5-2-6-11-23/h1-6,8-11,13-16,25H,7,12,17-21H2. The number of carbonyl (C=O) groups is 1. The van der Waals surface area contributed by atoms with Crippen LogP contribution in [0.15, 0.2) is 93.9 Å². The van der Waals surface area contributed by atoms with Crippen molar-refractivity contribution in [1.82, 2.24) is 19.9 Å². The molecule has 1 aliphatic rings. The zero-order valence-electron chi connectivity index (χ0n) is 20.1. The van der Waals surface area contributed by atoms with Crippen LogP contribution in [-0.4, -0.2) is 38.9 Å². The first-order chi connectivity index (χ1) is 17.6. The molecule has 1 fully saturated rings. The van der Waals surface area contributed by atoms with Crippen LogP contribution in [0.2, 0.25) is 0 Å². The smallest absolute Gasteiger partial charge is 0.241 e. The first-order valence-electron chi connectivity index (χ1n) is 12.3. The van der Waals surface area contributed by atoms with Gasteiger partial charge in [-0.2, -0.15) is 4.98 Å². The van der Waals surface area contributed by atoms with Crippen molar-refractivity contribution in [1.29, 1.82) is 0 Å². The number of benzene rings is 3. The molecule has 4 aromatic rings. The Balaban J connectivity index is 1.26. The summed E-state index contributed by atoms with van der Waals surface area (Å²) in [5.74, 6) is 1.30. The van der Waals surface area contributed by atoms with Gasteiger partial charge in [-0.25, -0.2) is 0 Å². The molecule has 6 nitrogen and oxygen atoms in total. The molecule has 0 N–H and O–H groups in total. The number of halogens is 1. The SMILES string of the molecule is O=C(C1CCCN(Cc2nc(-c3ccc(Br)cc3)no2)C1)N(Cc1ccccc1)Cc1ccccc1. The first kappa shape index (κ1) is 24.4. The Labute approximate surface area is 220 Å². The molecule has 1 saturated heterocycles. The second-order valence-corrected chi connectivity index (χ2v) is 10.2. The highest BCUT2D eigenvalue weighted by Crippen LogP contribution is 2.24. The number of nitrogens with zero attached hydrogens (tertiary/aromatic N) is 4. The van der Waals surface area contributed by atoms with Crippen molar-refractivity contribution in [2.24, 2.45) is 5.92 Å². The molecule has 0 radical (unpaired) electrons. The topological polar surface area (TPSA) is 62.5 Å². The quantitative estimate of drug-likeness (QED) is 0.274. The van der Waals surface area contributed by atoms with E-state index < -0.39 is 0 Å². The third-order valence-corrected chi connectivity index (χ3v) is 7.06. The Morgan fingerprint density at radius 1 is 0.944 bits per heavy atom. The largest absolute Gasteiger partial charge is 0.338 e. The minimum absolute atomic E-state index is 0.0555. The Morgan fingerprint density at radius 3 is 2.22 bits per heavy atom. The van der Waals surface area contributed by atoms with Gasteiger partial charge in [-0.15, -0.1) is 0 Å². The summed E-state index contributed by atoms with van der Waals surface area (Å²) in [6.07, 6.45) is 1.86. The van der Waals surface area contributed by atoms with E-state index in [-0.39, 0.29) is 11.8 Å². The van der Waals surface area contributed by atoms with Gasteiger partial charge in [-0.1, -0.05) is 81.8 Å². The van der Waals surface area contributed by atoms with E-state index >= 15 is 0 Å². The van der Waals surface area contributed by atoms with Crippen LogP contribution < -0.4 is 0 Å². The van der Waals surface area contributed by atoms with E-state index in [1.807, 2.05) is 65.6 Å². The van der Waals surface area contributed by atoms with Crippen LogP contribution >= 0.6 is 15.9 Å². The molecule has 0 aliphatic carbocycles. The molecular weight excluding hydrogens is 516 g/mol. The number of rotatable bonds is 8. The minimum atomic E-state index is -0.0555. The fraction of sp³-hybridized carbons (Fsp3) is 0.276. The van der Waals surface area contributed by atoms with E-state index in [9.17, 15) is 4.79 Å². The van der Waals surface area contributed by atoms with Crippen LogP contribution in [0.3, 0.4) is 0 Å². The number of carbonyl (C=O) groups excluding carboxylic acids is 1. The van der Waals surface area contributed by atoms with Crippen LogP contribution in [0, 0.1) is 5.92 Å². The van der Waals surface area contributed by atoms with Gasteiger partial charge in [0.2, 0.25) is 17.6 Å². The Bertz CT molecular complexity index is 1220. The molecule has 0 bridgehead atoms. The third kappa shape index (κ3) is 6.28. The second kappa shape index (κ2) is 11.6. The Morgan fingerprint density at radius 2 is 1.58 bits per heavy atom. The highest BCUT2D eigenvalue weighted by molar-refractivity contribution is 9.10. The van der Waals surface area contributed by atoms with Gasteiger partial charge < -0.3 is 9.42 Å². The molecule has 1 atom stereocenters. The van der Waals surface area contributed by atoms with Crippen LogP contribution in [0.1, 0.15) is 29.9 Å². The first-order valence-corrected chi connectivity index (χ1v) is 13.1. The number of piperidine rings is 1. The van der Waals surface area contributed by atoms with Crippen molar-refractivity contribution in [3.63, 3.8) is 0 Å². The van der Waals surface area contributed by atoms with Crippen molar-refractivity contribution in [3.05, 3.63) is 106 Å². The Kier molecular flexibility index (Phi) is 7.88. The van der Waals surface area contributed by atoms with E-state index in [0.29, 0.717) is 37.9 Å². The molecular formula is C29H29BrN4O2. The molecule has 0 saturated carbocycles. The summed E-state index contributed by atoms with van der Waals surface area (Å²) in [4.78, 5) is 22.6. The third-order valence-electron chi connectivity index (χ3n) is 6.53. The summed E-state index contributed by atoms with van der Waals surface area (Å²) >= 11 is 3.45. The fourth-order valence-electron chi connectivity index (χ4n) is 4.70. The maximum absolute atomic E-state index is 13.8. The lowest BCUT2D eigenvalue weighted by molar-refractivity contribution is -0.138. The maximum Gasteiger partial charge on any atom is 0.241 e. The number of aromatic nitrogens is 2.